The number of rotatable bonds is 6. The van der Waals surface area contributed by atoms with Gasteiger partial charge in [0.05, 0.1) is 11.3 Å². The molecule has 1 amide bonds. The van der Waals surface area contributed by atoms with Gasteiger partial charge in [-0.05, 0) is 23.4 Å². The zero-order chi connectivity index (χ0) is 13.7. The second-order valence-corrected chi connectivity index (χ2v) is 4.51. The monoisotopic (exact) mass is 271 g/mol. The van der Waals surface area contributed by atoms with E-state index >= 15 is 0 Å². The molecule has 0 unspecified atom stereocenters. The van der Waals surface area contributed by atoms with E-state index in [0.29, 0.717) is 11.3 Å². The second-order valence-electron chi connectivity index (χ2n) is 3.59. The minimum Gasteiger partial charge on any atom is -0.481 e. The Hall–Kier alpha value is -1.89. The van der Waals surface area contributed by atoms with Crippen LogP contribution in [0.1, 0.15) is 28.6 Å². The molecular formula is C11H13NO5S. The first-order chi connectivity index (χ1) is 8.45. The van der Waals surface area contributed by atoms with Gasteiger partial charge in [-0.3, -0.25) is 9.59 Å². The molecule has 1 atom stereocenters. The highest BCUT2D eigenvalue weighted by atomic mass is 32.1. The fourth-order valence-electron chi connectivity index (χ4n) is 1.41. The van der Waals surface area contributed by atoms with Crippen LogP contribution in [0.5, 0.6) is 0 Å². The number of amides is 1. The molecule has 0 radical (unpaired) electrons. The summed E-state index contributed by atoms with van der Waals surface area (Å²) in [5.74, 6) is -3.18. The highest BCUT2D eigenvalue weighted by Gasteiger charge is 2.24. The van der Waals surface area contributed by atoms with Gasteiger partial charge in [0.15, 0.2) is 0 Å². The van der Waals surface area contributed by atoms with Gasteiger partial charge in [-0.1, -0.05) is 6.92 Å². The molecule has 0 fully saturated rings. The van der Waals surface area contributed by atoms with Crippen molar-refractivity contribution in [3.8, 4) is 0 Å². The molecule has 7 heteroatoms. The predicted octanol–water partition coefficient (Wildman–Crippen LogP) is 0.968. The van der Waals surface area contributed by atoms with Gasteiger partial charge < -0.3 is 15.5 Å². The number of aliphatic carboxylic acids is 2. The Labute approximate surface area is 107 Å². The van der Waals surface area contributed by atoms with E-state index in [2.05, 4.69) is 5.32 Å². The maximum Gasteiger partial charge on any atom is 0.326 e. The van der Waals surface area contributed by atoms with Crippen LogP contribution in [-0.4, -0.2) is 34.1 Å². The Kier molecular flexibility index (Phi) is 4.85. The summed E-state index contributed by atoms with van der Waals surface area (Å²) in [6.45, 7) is 1.88. The zero-order valence-electron chi connectivity index (χ0n) is 9.67. The Morgan fingerprint density at radius 2 is 2.06 bits per heavy atom. The van der Waals surface area contributed by atoms with Gasteiger partial charge in [0.2, 0.25) is 0 Å². The molecule has 1 rings (SSSR count). The number of aryl methyl sites for hydroxylation is 1. The van der Waals surface area contributed by atoms with Gasteiger partial charge in [-0.2, -0.15) is 0 Å². The van der Waals surface area contributed by atoms with E-state index in [1.54, 1.807) is 11.4 Å². The molecule has 98 valence electrons. The summed E-state index contributed by atoms with van der Waals surface area (Å²) in [6.07, 6.45) is 0.0107. The summed E-state index contributed by atoms with van der Waals surface area (Å²) in [6, 6.07) is 0.369. The van der Waals surface area contributed by atoms with Crippen LogP contribution in [0.15, 0.2) is 11.4 Å². The van der Waals surface area contributed by atoms with Crippen LogP contribution in [0.2, 0.25) is 0 Å². The highest BCUT2D eigenvalue weighted by molar-refractivity contribution is 7.12. The molecule has 0 saturated carbocycles. The topological polar surface area (TPSA) is 104 Å². The minimum absolute atomic E-state index is 0.425. The van der Waals surface area contributed by atoms with E-state index in [-0.39, 0.29) is 0 Å². The molecular weight excluding hydrogens is 258 g/mol. The normalized spacial score (nSPS) is 11.8. The minimum atomic E-state index is -1.41. The molecule has 3 N–H and O–H groups in total. The lowest BCUT2D eigenvalue weighted by Crippen LogP contribution is -2.42. The van der Waals surface area contributed by atoms with E-state index in [4.69, 9.17) is 10.2 Å². The molecule has 0 aromatic carbocycles. The van der Waals surface area contributed by atoms with Crippen molar-refractivity contribution < 1.29 is 24.6 Å². The summed E-state index contributed by atoms with van der Waals surface area (Å²) >= 11 is 1.20. The Morgan fingerprint density at radius 1 is 1.39 bits per heavy atom. The number of carbonyl (C=O) groups excluding carboxylic acids is 1. The molecule has 0 aliphatic heterocycles. The number of carboxylic acid groups (broad SMARTS) is 2. The van der Waals surface area contributed by atoms with Crippen molar-refractivity contribution >= 4 is 29.2 Å². The lowest BCUT2D eigenvalue weighted by molar-refractivity contribution is -0.145. The lowest BCUT2D eigenvalue weighted by atomic mass is 10.1. The van der Waals surface area contributed by atoms with E-state index in [0.717, 1.165) is 5.56 Å². The van der Waals surface area contributed by atoms with Crippen LogP contribution in [0.4, 0.5) is 0 Å². The zero-order valence-corrected chi connectivity index (χ0v) is 10.5. The summed E-state index contributed by atoms with van der Waals surface area (Å²) in [7, 11) is 0. The average Bonchev–Trinajstić information content (AvgIpc) is 2.75. The molecule has 18 heavy (non-hydrogen) atoms. The van der Waals surface area contributed by atoms with Gasteiger partial charge >= 0.3 is 11.9 Å². The third kappa shape index (κ3) is 3.56. The van der Waals surface area contributed by atoms with Crippen molar-refractivity contribution in [2.45, 2.75) is 25.8 Å². The van der Waals surface area contributed by atoms with Crippen molar-refractivity contribution in [3.05, 3.63) is 21.9 Å². The van der Waals surface area contributed by atoms with Gasteiger partial charge in [0.1, 0.15) is 6.04 Å². The fourth-order valence-corrected chi connectivity index (χ4v) is 2.31. The van der Waals surface area contributed by atoms with Gasteiger partial charge in [-0.25, -0.2) is 4.79 Å². The average molecular weight is 271 g/mol. The van der Waals surface area contributed by atoms with Crippen molar-refractivity contribution in [1.82, 2.24) is 5.32 Å². The second kappa shape index (κ2) is 6.15. The summed E-state index contributed by atoms with van der Waals surface area (Å²) < 4.78 is 0. The predicted molar refractivity (Wildman–Crippen MR) is 64.8 cm³/mol. The van der Waals surface area contributed by atoms with E-state index < -0.39 is 30.3 Å². The van der Waals surface area contributed by atoms with Crippen molar-refractivity contribution in [1.29, 1.82) is 0 Å². The van der Waals surface area contributed by atoms with E-state index in [1.165, 1.54) is 11.3 Å². The number of carboxylic acids is 2. The first-order valence-corrected chi connectivity index (χ1v) is 6.15. The number of thiophene rings is 1. The van der Waals surface area contributed by atoms with Gasteiger partial charge in [-0.15, -0.1) is 11.3 Å². The molecule has 0 bridgehead atoms. The summed E-state index contributed by atoms with van der Waals surface area (Å²) in [5.41, 5.74) is 0.817. The summed E-state index contributed by atoms with van der Waals surface area (Å²) in [5, 5.41) is 21.3. The van der Waals surface area contributed by atoms with E-state index in [9.17, 15) is 14.4 Å². The number of carbonyl (C=O) groups is 3. The van der Waals surface area contributed by atoms with E-state index in [1.807, 2.05) is 6.92 Å². The molecule has 1 aromatic heterocycles. The lowest BCUT2D eigenvalue weighted by Gasteiger charge is -2.12. The van der Waals surface area contributed by atoms with Gasteiger partial charge in [0.25, 0.3) is 5.91 Å². The Balaban J connectivity index is 2.78. The van der Waals surface area contributed by atoms with Crippen LogP contribution >= 0.6 is 11.3 Å². The maximum absolute atomic E-state index is 11.8. The molecule has 0 aliphatic rings. The van der Waals surface area contributed by atoms with Crippen LogP contribution < -0.4 is 5.32 Å². The Morgan fingerprint density at radius 3 is 2.56 bits per heavy atom. The summed E-state index contributed by atoms with van der Waals surface area (Å²) in [4.78, 5) is 33.6. The molecule has 1 aromatic rings. The molecule has 6 nitrogen and oxygen atoms in total. The third-order valence-electron chi connectivity index (χ3n) is 2.32. The first-order valence-electron chi connectivity index (χ1n) is 5.27. The molecule has 1 heterocycles. The number of hydrogen-bond acceptors (Lipinski definition) is 4. The van der Waals surface area contributed by atoms with Gasteiger partial charge in [0, 0.05) is 0 Å². The quantitative estimate of drug-likeness (QED) is 0.715. The van der Waals surface area contributed by atoms with Crippen molar-refractivity contribution in [2.24, 2.45) is 0 Å². The SMILES string of the molecule is CCc1ccsc1C(=O)N[C@@H](CC(=O)O)C(=O)O. The highest BCUT2D eigenvalue weighted by Crippen LogP contribution is 2.17. The maximum atomic E-state index is 11.8. The van der Waals surface area contributed by atoms with Crippen LogP contribution in [0.25, 0.3) is 0 Å². The molecule has 0 aliphatic carbocycles. The third-order valence-corrected chi connectivity index (χ3v) is 3.27. The molecule has 0 spiro atoms. The van der Waals surface area contributed by atoms with Crippen LogP contribution in [0.3, 0.4) is 0 Å². The Bertz CT molecular complexity index is 468. The van der Waals surface area contributed by atoms with Crippen molar-refractivity contribution in [2.75, 3.05) is 0 Å². The largest absolute Gasteiger partial charge is 0.481 e. The fraction of sp³-hybridized carbons (Fsp3) is 0.364. The van der Waals surface area contributed by atoms with Crippen molar-refractivity contribution in [3.63, 3.8) is 0 Å². The number of nitrogens with one attached hydrogen (secondary N) is 1. The molecule has 0 saturated heterocycles. The standard InChI is InChI=1S/C11H13NO5S/c1-2-6-3-4-18-9(6)10(15)12-7(11(16)17)5-8(13)14/h3-4,7H,2,5H2,1H3,(H,12,15)(H,13,14)(H,16,17)/t7-/m0/s1. The smallest absolute Gasteiger partial charge is 0.326 e. The first kappa shape index (κ1) is 14.2. The van der Waals surface area contributed by atoms with Crippen LogP contribution in [0, 0.1) is 0 Å². The van der Waals surface area contributed by atoms with Crippen LogP contribution in [-0.2, 0) is 16.0 Å². The number of hydrogen-bond donors (Lipinski definition) is 3.